The first kappa shape index (κ1) is 20.2. The maximum absolute atomic E-state index is 12.7. The SMILES string of the molecule is O=C(Cc1cccc2ccccc12)CS1(OS(=O)(=O)C(F)(F)F)CCCC1. The van der Waals surface area contributed by atoms with Crippen molar-refractivity contribution in [2.45, 2.75) is 24.8 Å². The second-order valence-corrected chi connectivity index (χ2v) is 11.5. The van der Waals surface area contributed by atoms with Gasteiger partial charge in [0.15, 0.2) is 0 Å². The van der Waals surface area contributed by atoms with E-state index in [-0.39, 0.29) is 29.5 Å². The van der Waals surface area contributed by atoms with E-state index in [1.165, 1.54) is 0 Å². The number of hydrogen-bond donors (Lipinski definition) is 0. The van der Waals surface area contributed by atoms with Crippen LogP contribution < -0.4 is 0 Å². The van der Waals surface area contributed by atoms with E-state index >= 15 is 0 Å². The van der Waals surface area contributed by atoms with Gasteiger partial charge >= 0.3 is 15.6 Å². The molecule has 0 amide bonds. The number of halogens is 3. The molecule has 4 nitrogen and oxygen atoms in total. The Morgan fingerprint density at radius 3 is 2.33 bits per heavy atom. The minimum absolute atomic E-state index is 0.0333. The average Bonchev–Trinajstić information content (AvgIpc) is 3.01. The molecule has 1 heterocycles. The second kappa shape index (κ2) is 7.44. The van der Waals surface area contributed by atoms with Gasteiger partial charge in [0.05, 0.1) is 5.75 Å². The molecule has 0 saturated carbocycles. The number of hydrogen-bond acceptors (Lipinski definition) is 4. The normalized spacial score (nSPS) is 18.5. The molecular formula is C18H19F3O4S2. The highest BCUT2D eigenvalue weighted by Crippen LogP contribution is 2.57. The molecule has 0 aliphatic carbocycles. The van der Waals surface area contributed by atoms with E-state index in [1.54, 1.807) is 6.07 Å². The Bertz CT molecular complexity index is 943. The fraction of sp³-hybridized carbons (Fsp3) is 0.389. The number of Topliss-reactive ketones (excluding diaryl/α,β-unsaturated/α-hetero) is 1. The first-order chi connectivity index (χ1) is 12.6. The van der Waals surface area contributed by atoms with E-state index in [1.807, 2.05) is 36.4 Å². The summed E-state index contributed by atoms with van der Waals surface area (Å²) in [5.41, 5.74) is -4.71. The smallest absolute Gasteiger partial charge is 0.298 e. The van der Waals surface area contributed by atoms with Gasteiger partial charge in [-0.2, -0.15) is 21.6 Å². The van der Waals surface area contributed by atoms with Crippen molar-refractivity contribution in [1.82, 2.24) is 0 Å². The Labute approximate surface area is 157 Å². The fourth-order valence-corrected chi connectivity index (χ4v) is 8.51. The molecule has 0 N–H and O–H groups in total. The summed E-state index contributed by atoms with van der Waals surface area (Å²) in [6, 6.07) is 13.0. The zero-order chi connectivity index (χ0) is 19.7. The molecular weight excluding hydrogens is 401 g/mol. The quantitative estimate of drug-likeness (QED) is 0.653. The van der Waals surface area contributed by atoms with Gasteiger partial charge < -0.3 is 0 Å². The van der Waals surface area contributed by atoms with Crippen LogP contribution in [0.5, 0.6) is 0 Å². The summed E-state index contributed by atoms with van der Waals surface area (Å²) < 4.78 is 65.8. The van der Waals surface area contributed by atoms with Crippen LogP contribution in [0.3, 0.4) is 0 Å². The van der Waals surface area contributed by atoms with E-state index in [0.717, 1.165) is 16.3 Å². The van der Waals surface area contributed by atoms with Crippen LogP contribution in [0, 0.1) is 0 Å². The monoisotopic (exact) mass is 420 g/mol. The van der Waals surface area contributed by atoms with Crippen LogP contribution in [-0.4, -0.2) is 37.0 Å². The van der Waals surface area contributed by atoms with Gasteiger partial charge in [0, 0.05) is 17.9 Å². The van der Waals surface area contributed by atoms with E-state index in [2.05, 4.69) is 3.63 Å². The van der Waals surface area contributed by atoms with Crippen molar-refractivity contribution in [1.29, 1.82) is 0 Å². The highest BCUT2D eigenvalue weighted by Gasteiger charge is 2.51. The summed E-state index contributed by atoms with van der Waals surface area (Å²) in [5.74, 6) is -0.181. The predicted molar refractivity (Wildman–Crippen MR) is 100 cm³/mol. The van der Waals surface area contributed by atoms with Crippen LogP contribution in [0.15, 0.2) is 42.5 Å². The molecule has 1 fully saturated rings. The van der Waals surface area contributed by atoms with Crippen LogP contribution in [0.25, 0.3) is 10.8 Å². The Kier molecular flexibility index (Phi) is 5.56. The highest BCUT2D eigenvalue weighted by atomic mass is 32.3. The molecule has 1 aliphatic rings. The molecule has 0 spiro atoms. The largest absolute Gasteiger partial charge is 0.523 e. The van der Waals surface area contributed by atoms with Crippen molar-refractivity contribution in [3.63, 3.8) is 0 Å². The van der Waals surface area contributed by atoms with Crippen LogP contribution >= 0.6 is 10.3 Å². The van der Waals surface area contributed by atoms with Gasteiger partial charge in [-0.1, -0.05) is 42.5 Å². The summed E-state index contributed by atoms with van der Waals surface area (Å²) in [6.45, 7) is 0. The van der Waals surface area contributed by atoms with E-state index in [4.69, 9.17) is 0 Å². The molecule has 2 aromatic rings. The predicted octanol–water partition coefficient (Wildman–Crippen LogP) is 4.33. The van der Waals surface area contributed by atoms with E-state index in [9.17, 15) is 26.4 Å². The molecule has 1 aliphatic heterocycles. The molecule has 0 aromatic heterocycles. The molecule has 9 heteroatoms. The van der Waals surface area contributed by atoms with Crippen LogP contribution in [0.1, 0.15) is 18.4 Å². The Morgan fingerprint density at radius 2 is 1.67 bits per heavy atom. The third-order valence-corrected chi connectivity index (χ3v) is 9.84. The lowest BCUT2D eigenvalue weighted by Crippen LogP contribution is -2.30. The minimum atomic E-state index is -5.71. The fourth-order valence-electron chi connectivity index (χ4n) is 3.30. The van der Waals surface area contributed by atoms with Gasteiger partial charge in [0.2, 0.25) is 0 Å². The molecule has 0 atom stereocenters. The van der Waals surface area contributed by atoms with Crippen molar-refractivity contribution >= 4 is 37.0 Å². The number of fused-ring (bicyclic) bond motifs is 1. The number of benzene rings is 2. The molecule has 1 saturated heterocycles. The van der Waals surface area contributed by atoms with Crippen molar-refractivity contribution in [3.8, 4) is 0 Å². The lowest BCUT2D eigenvalue weighted by molar-refractivity contribution is -0.116. The lowest BCUT2D eigenvalue weighted by atomic mass is 10.0. The molecule has 148 valence electrons. The van der Waals surface area contributed by atoms with Gasteiger partial charge in [0.25, 0.3) is 0 Å². The molecule has 0 bridgehead atoms. The van der Waals surface area contributed by atoms with Gasteiger partial charge in [0.1, 0.15) is 5.78 Å². The average molecular weight is 420 g/mol. The zero-order valence-electron chi connectivity index (χ0n) is 14.4. The van der Waals surface area contributed by atoms with E-state index < -0.39 is 25.9 Å². The van der Waals surface area contributed by atoms with Gasteiger partial charge in [-0.15, -0.1) is 10.3 Å². The van der Waals surface area contributed by atoms with Crippen molar-refractivity contribution < 1.29 is 30.0 Å². The van der Waals surface area contributed by atoms with Crippen LogP contribution in [0.4, 0.5) is 13.2 Å². The van der Waals surface area contributed by atoms with Crippen LogP contribution in [0.2, 0.25) is 0 Å². The Balaban J connectivity index is 1.80. The maximum atomic E-state index is 12.7. The third kappa shape index (κ3) is 4.47. The van der Waals surface area contributed by atoms with Gasteiger partial charge in [-0.05, 0) is 29.2 Å². The summed E-state index contributed by atoms with van der Waals surface area (Å²) in [5, 5.41) is 1.86. The summed E-state index contributed by atoms with van der Waals surface area (Å²) in [4.78, 5) is 12.6. The summed E-state index contributed by atoms with van der Waals surface area (Å²) in [6.07, 6.45) is 1.15. The Morgan fingerprint density at radius 1 is 1.04 bits per heavy atom. The summed E-state index contributed by atoms with van der Waals surface area (Å²) in [7, 11) is -8.34. The molecule has 27 heavy (non-hydrogen) atoms. The van der Waals surface area contributed by atoms with E-state index in [0.29, 0.717) is 12.8 Å². The van der Waals surface area contributed by atoms with Gasteiger partial charge in [-0.25, -0.2) is 3.63 Å². The Hall–Kier alpha value is -1.58. The van der Waals surface area contributed by atoms with Crippen molar-refractivity contribution in [3.05, 3.63) is 48.0 Å². The van der Waals surface area contributed by atoms with Crippen molar-refractivity contribution in [2.24, 2.45) is 0 Å². The first-order valence-corrected chi connectivity index (χ1v) is 11.9. The first-order valence-electron chi connectivity index (χ1n) is 8.39. The number of rotatable bonds is 6. The summed E-state index contributed by atoms with van der Waals surface area (Å²) >= 11 is 0. The maximum Gasteiger partial charge on any atom is 0.523 e. The minimum Gasteiger partial charge on any atom is -0.298 e. The number of carbonyl (C=O) groups excluding carboxylic acids is 1. The molecule has 2 aromatic carbocycles. The highest BCUT2D eigenvalue weighted by molar-refractivity contribution is 8.33. The van der Waals surface area contributed by atoms with Crippen LogP contribution in [-0.2, 0) is 25.0 Å². The standard InChI is InChI=1S/C18H19F3O4S2/c19-18(20,21)27(23,24)25-26(10-3-4-11-26)13-16(22)12-15-8-5-7-14-6-1-2-9-17(14)15/h1-2,5-9H,3-4,10-13H2. The van der Waals surface area contributed by atoms with Gasteiger partial charge in [-0.3, -0.25) is 4.79 Å². The third-order valence-electron chi connectivity index (χ3n) is 4.49. The molecule has 0 radical (unpaired) electrons. The molecule has 0 unspecified atom stereocenters. The second-order valence-electron chi connectivity index (χ2n) is 6.55. The number of carbonyl (C=O) groups is 1. The number of ketones is 1. The lowest BCUT2D eigenvalue weighted by Gasteiger charge is -2.33. The number of alkyl halides is 3. The van der Waals surface area contributed by atoms with Crippen molar-refractivity contribution in [2.75, 3.05) is 17.3 Å². The zero-order valence-corrected chi connectivity index (χ0v) is 16.0. The topological polar surface area (TPSA) is 60.4 Å². The molecule has 3 rings (SSSR count).